The topological polar surface area (TPSA) is 27.7 Å². The second-order valence-electron chi connectivity index (χ2n) is 4.77. The van der Waals surface area contributed by atoms with E-state index in [2.05, 4.69) is 31.4 Å². The van der Waals surface area contributed by atoms with Crippen molar-refractivity contribution in [2.45, 2.75) is 22.5 Å². The van der Waals surface area contributed by atoms with E-state index < -0.39 is 0 Å². The van der Waals surface area contributed by atoms with Crippen molar-refractivity contribution in [1.29, 1.82) is 0 Å². The van der Waals surface area contributed by atoms with Crippen molar-refractivity contribution in [3.05, 3.63) is 67.8 Å². The average Bonchev–Trinajstić information content (AvgIpc) is 2.55. The molecule has 2 rings (SSSR count). The van der Waals surface area contributed by atoms with Crippen LogP contribution < -0.4 is 0 Å². The summed E-state index contributed by atoms with van der Waals surface area (Å²) < 4.78 is 17.4. The summed E-state index contributed by atoms with van der Waals surface area (Å²) >= 11 is 1.67. The molecule has 3 atom stereocenters. The molecule has 0 saturated carbocycles. The van der Waals surface area contributed by atoms with E-state index in [4.69, 9.17) is 14.2 Å². The summed E-state index contributed by atoms with van der Waals surface area (Å²) in [7, 11) is 0. The lowest BCUT2D eigenvalue weighted by atomic mass is 10.1. The summed E-state index contributed by atoms with van der Waals surface area (Å²) in [6.45, 7) is 8.81. The first-order valence-electron chi connectivity index (χ1n) is 7.30. The maximum Gasteiger partial charge on any atom is 0.126 e. The van der Waals surface area contributed by atoms with Gasteiger partial charge >= 0.3 is 0 Å². The predicted molar refractivity (Wildman–Crippen MR) is 91.1 cm³/mol. The quantitative estimate of drug-likeness (QED) is 0.511. The number of hydrogen-bond donors (Lipinski definition) is 0. The van der Waals surface area contributed by atoms with Crippen LogP contribution >= 0.6 is 11.8 Å². The van der Waals surface area contributed by atoms with Crippen LogP contribution in [0.3, 0.4) is 0 Å². The third kappa shape index (κ3) is 5.46. The Morgan fingerprint density at radius 3 is 2.59 bits per heavy atom. The van der Waals surface area contributed by atoms with E-state index in [1.807, 2.05) is 24.3 Å². The molecular weight excluding hydrogens is 296 g/mol. The Morgan fingerprint density at radius 1 is 1.09 bits per heavy atom. The zero-order valence-electron chi connectivity index (χ0n) is 12.6. The van der Waals surface area contributed by atoms with E-state index in [-0.39, 0.29) is 17.6 Å². The standard InChI is InChI=1S/C18H22O3S/c1-3-12-19-14-17-16(20-13-4-2)10-11-18(21-17)22-15-8-6-5-7-9-15/h3-11,16-18H,1-2,12-14H2/t16-,17+,18?/m0/s1. The zero-order chi connectivity index (χ0) is 15.6. The minimum atomic E-state index is -0.133. The summed E-state index contributed by atoms with van der Waals surface area (Å²) in [6.07, 6.45) is 7.31. The van der Waals surface area contributed by atoms with Gasteiger partial charge in [-0.2, -0.15) is 0 Å². The highest BCUT2D eigenvalue weighted by Gasteiger charge is 2.28. The number of hydrogen-bond acceptors (Lipinski definition) is 4. The summed E-state index contributed by atoms with van der Waals surface area (Å²) in [5.74, 6) is 0. The van der Waals surface area contributed by atoms with Crippen LogP contribution in [0.15, 0.2) is 72.7 Å². The highest BCUT2D eigenvalue weighted by molar-refractivity contribution is 8.00. The lowest BCUT2D eigenvalue weighted by Gasteiger charge is -2.31. The number of thioether (sulfide) groups is 1. The van der Waals surface area contributed by atoms with Gasteiger partial charge in [-0.1, -0.05) is 48.2 Å². The van der Waals surface area contributed by atoms with Gasteiger partial charge in [0.05, 0.1) is 19.8 Å². The molecule has 0 aromatic heterocycles. The van der Waals surface area contributed by atoms with E-state index in [0.29, 0.717) is 19.8 Å². The van der Waals surface area contributed by atoms with Gasteiger partial charge in [-0.15, -0.1) is 13.2 Å². The SMILES string of the molecule is C=CCOC[C@H]1OC(Sc2ccccc2)C=C[C@@H]1OCC=C. The first kappa shape index (κ1) is 17.0. The van der Waals surface area contributed by atoms with Gasteiger partial charge in [0.25, 0.3) is 0 Å². The van der Waals surface area contributed by atoms with Crippen molar-refractivity contribution in [1.82, 2.24) is 0 Å². The van der Waals surface area contributed by atoms with Gasteiger partial charge in [0.15, 0.2) is 0 Å². The summed E-state index contributed by atoms with van der Waals surface area (Å²) in [5, 5.41) is 0. The Kier molecular flexibility index (Phi) is 7.46. The van der Waals surface area contributed by atoms with Crippen molar-refractivity contribution in [3.8, 4) is 0 Å². The molecule has 3 nitrogen and oxygen atoms in total. The minimum Gasteiger partial charge on any atom is -0.375 e. The number of ether oxygens (including phenoxy) is 3. The number of benzene rings is 1. The Hall–Kier alpha value is -1.33. The fourth-order valence-electron chi connectivity index (χ4n) is 2.06. The van der Waals surface area contributed by atoms with Gasteiger partial charge in [-0.25, -0.2) is 0 Å². The maximum atomic E-state index is 6.10. The highest BCUT2D eigenvalue weighted by Crippen LogP contribution is 2.29. The van der Waals surface area contributed by atoms with Crippen LogP contribution in [-0.4, -0.2) is 37.5 Å². The molecule has 1 aliphatic rings. The van der Waals surface area contributed by atoms with Gasteiger partial charge in [0.2, 0.25) is 0 Å². The molecule has 0 fully saturated rings. The van der Waals surface area contributed by atoms with E-state index in [1.54, 1.807) is 23.9 Å². The van der Waals surface area contributed by atoms with Crippen LogP contribution in [0.1, 0.15) is 0 Å². The summed E-state index contributed by atoms with van der Waals surface area (Å²) in [4.78, 5) is 1.17. The molecule has 1 aliphatic heterocycles. The second-order valence-corrected chi connectivity index (χ2v) is 5.94. The van der Waals surface area contributed by atoms with E-state index >= 15 is 0 Å². The Morgan fingerprint density at radius 2 is 1.86 bits per heavy atom. The molecule has 1 aromatic carbocycles. The normalized spacial score (nSPS) is 24.1. The van der Waals surface area contributed by atoms with Gasteiger partial charge < -0.3 is 14.2 Å². The van der Waals surface area contributed by atoms with Crippen molar-refractivity contribution in [3.63, 3.8) is 0 Å². The third-order valence-electron chi connectivity index (χ3n) is 3.05. The van der Waals surface area contributed by atoms with Crippen LogP contribution in [0.4, 0.5) is 0 Å². The molecule has 0 saturated heterocycles. The van der Waals surface area contributed by atoms with E-state index in [0.717, 1.165) is 0 Å². The van der Waals surface area contributed by atoms with Gasteiger partial charge in [0.1, 0.15) is 17.6 Å². The predicted octanol–water partition coefficient (Wildman–Crippen LogP) is 3.83. The fraction of sp³-hybridized carbons (Fsp3) is 0.333. The first-order chi connectivity index (χ1) is 10.8. The van der Waals surface area contributed by atoms with Gasteiger partial charge in [-0.05, 0) is 18.2 Å². The van der Waals surface area contributed by atoms with Crippen molar-refractivity contribution < 1.29 is 14.2 Å². The largest absolute Gasteiger partial charge is 0.375 e. The van der Waals surface area contributed by atoms with Crippen molar-refractivity contribution >= 4 is 11.8 Å². The maximum absolute atomic E-state index is 6.10. The minimum absolute atomic E-state index is 0.0386. The second kappa shape index (κ2) is 9.64. The summed E-state index contributed by atoms with van der Waals surface area (Å²) in [6, 6.07) is 10.2. The lowest BCUT2D eigenvalue weighted by Crippen LogP contribution is -2.39. The Labute approximate surface area is 136 Å². The highest BCUT2D eigenvalue weighted by atomic mass is 32.2. The molecule has 0 bridgehead atoms. The number of rotatable bonds is 9. The molecule has 1 unspecified atom stereocenters. The monoisotopic (exact) mass is 318 g/mol. The molecule has 0 radical (unpaired) electrons. The molecule has 1 heterocycles. The van der Waals surface area contributed by atoms with Gasteiger partial charge in [0, 0.05) is 4.90 Å². The van der Waals surface area contributed by atoms with Crippen LogP contribution in [0.25, 0.3) is 0 Å². The molecular formula is C18H22O3S. The average molecular weight is 318 g/mol. The Balaban J connectivity index is 1.96. The molecule has 1 aromatic rings. The fourth-order valence-corrected chi connectivity index (χ4v) is 3.01. The van der Waals surface area contributed by atoms with Crippen LogP contribution in [0.2, 0.25) is 0 Å². The van der Waals surface area contributed by atoms with E-state index in [1.165, 1.54) is 4.90 Å². The lowest BCUT2D eigenvalue weighted by molar-refractivity contribution is -0.0869. The molecule has 0 aliphatic carbocycles. The molecule has 4 heteroatoms. The van der Waals surface area contributed by atoms with Crippen LogP contribution in [-0.2, 0) is 14.2 Å². The smallest absolute Gasteiger partial charge is 0.126 e. The first-order valence-corrected chi connectivity index (χ1v) is 8.18. The van der Waals surface area contributed by atoms with Crippen LogP contribution in [0, 0.1) is 0 Å². The van der Waals surface area contributed by atoms with Crippen molar-refractivity contribution in [2.24, 2.45) is 0 Å². The molecule has 0 amide bonds. The summed E-state index contributed by atoms with van der Waals surface area (Å²) in [5.41, 5.74) is -0.0386. The van der Waals surface area contributed by atoms with Crippen molar-refractivity contribution in [2.75, 3.05) is 19.8 Å². The zero-order valence-corrected chi connectivity index (χ0v) is 13.4. The third-order valence-corrected chi connectivity index (χ3v) is 4.10. The Bertz CT molecular complexity index is 486. The molecule has 22 heavy (non-hydrogen) atoms. The molecule has 118 valence electrons. The molecule has 0 N–H and O–H groups in total. The van der Waals surface area contributed by atoms with Crippen LogP contribution in [0.5, 0.6) is 0 Å². The van der Waals surface area contributed by atoms with E-state index in [9.17, 15) is 0 Å². The van der Waals surface area contributed by atoms with Gasteiger partial charge in [-0.3, -0.25) is 0 Å². The molecule has 0 spiro atoms.